The molecule has 19 rings (SSSR count). The van der Waals surface area contributed by atoms with Crippen LogP contribution in [0.1, 0.15) is 91.8 Å². The van der Waals surface area contributed by atoms with Crippen LogP contribution in [0.3, 0.4) is 0 Å². The molecule has 0 aliphatic heterocycles. The van der Waals surface area contributed by atoms with Crippen molar-refractivity contribution in [3.05, 3.63) is 346 Å². The van der Waals surface area contributed by atoms with Crippen LogP contribution < -0.4 is 24.8 Å². The predicted molar refractivity (Wildman–Crippen MR) is 440 cm³/mol. The van der Waals surface area contributed by atoms with Crippen molar-refractivity contribution < 1.29 is 0 Å². The molecule has 0 bridgehead atoms. The van der Waals surface area contributed by atoms with Gasteiger partial charge in [-0.05, 0) is 297 Å². The highest BCUT2D eigenvalue weighted by atomic mass is 15.2. The van der Waals surface area contributed by atoms with Crippen LogP contribution in [-0.4, -0.2) is 12.1 Å². The Bertz CT molecular complexity index is 5900. The first-order valence-corrected chi connectivity index (χ1v) is 37.5. The lowest BCUT2D eigenvalue weighted by atomic mass is 9.76. The molecule has 0 amide bonds. The molecule has 13 aromatic carbocycles. The summed E-state index contributed by atoms with van der Waals surface area (Å²) < 4.78 is 0. The minimum atomic E-state index is 0.0899. The molecule has 500 valence electrons. The molecule has 0 heterocycles. The Balaban J connectivity index is 0.897. The number of benzene rings is 13. The van der Waals surface area contributed by atoms with Crippen molar-refractivity contribution in [3.8, 4) is 22.3 Å². The van der Waals surface area contributed by atoms with Gasteiger partial charge in [0, 0.05) is 68.2 Å². The Hall–Kier alpha value is -11.5. The smallest absolute Gasteiger partial charge is 0.0562 e. The Morgan fingerprint density at radius 2 is 1.09 bits per heavy atom. The van der Waals surface area contributed by atoms with E-state index in [1.54, 1.807) is 0 Å². The number of para-hydroxylation sites is 2. The second-order valence-electron chi connectivity index (χ2n) is 29.9. The maximum atomic E-state index is 2.80. The number of anilines is 8. The highest BCUT2D eigenvalue weighted by Gasteiger charge is 2.35. The van der Waals surface area contributed by atoms with Crippen LogP contribution in [0.15, 0.2) is 302 Å². The average Bonchev–Trinajstić information content (AvgIpc) is 0.717. The van der Waals surface area contributed by atoms with Crippen LogP contribution in [0, 0.1) is 19.8 Å². The molecular weight excluding hydrogens is 1250 g/mol. The number of nitrogens with zero attached hydrogens (tertiary/aromatic N) is 4. The summed E-state index contributed by atoms with van der Waals surface area (Å²) in [5.41, 5.74) is 29.2. The number of hydrogen-bond donors (Lipinski definition) is 0. The van der Waals surface area contributed by atoms with E-state index in [0.717, 1.165) is 74.8 Å². The lowest BCUT2D eigenvalue weighted by Crippen LogP contribution is -2.38. The summed E-state index contributed by atoms with van der Waals surface area (Å²) in [6, 6.07) is 87.1. The number of fused-ring (bicyclic) bond motifs is 2. The molecule has 4 nitrogen and oxygen atoms in total. The third kappa shape index (κ3) is 10.9. The Morgan fingerprint density at radius 3 is 1.84 bits per heavy atom. The van der Waals surface area contributed by atoms with Crippen LogP contribution in [0.25, 0.3) is 88.3 Å². The summed E-state index contributed by atoms with van der Waals surface area (Å²) in [5.74, 6) is 0.115. The van der Waals surface area contributed by atoms with Gasteiger partial charge in [-0.3, -0.25) is 0 Å². The number of aryl methyl sites for hydroxylation is 5. The van der Waals surface area contributed by atoms with E-state index in [0.29, 0.717) is 0 Å². The molecule has 6 aliphatic carbocycles. The van der Waals surface area contributed by atoms with Gasteiger partial charge in [0.1, 0.15) is 0 Å². The second kappa shape index (κ2) is 25.6. The van der Waals surface area contributed by atoms with Gasteiger partial charge in [0.15, 0.2) is 0 Å². The molecule has 0 aromatic heterocycles. The second-order valence-corrected chi connectivity index (χ2v) is 29.9. The van der Waals surface area contributed by atoms with Crippen LogP contribution in [-0.2, 0) is 25.7 Å². The summed E-state index contributed by atoms with van der Waals surface area (Å²) >= 11 is 0. The highest BCUT2D eigenvalue weighted by Crippen LogP contribution is 2.53. The van der Waals surface area contributed by atoms with E-state index in [9.17, 15) is 0 Å². The molecular formula is C99H84N4. The minimum absolute atomic E-state index is 0.0899. The SMILES string of the molecule is CC1=CC(N(C2=Cc3c(c(-c4ccc(N(C5=CCCC=C5)c5ccccc5)cc4)c4cc(N(c5cc(C)cc(C)c5)c5ccc6ccc7cccc8c7c6c5CC8)ccc4c3-c3ccc(N(c4ccccc4)C4C=CC=CC4)cc3)CC2C)c2ccc3ccc4c5c(ccc2c35)CCC=4)CC(C)=C1. The normalized spacial score (nSPS) is 17.3. The highest BCUT2D eigenvalue weighted by molar-refractivity contribution is 6.18. The third-order valence-electron chi connectivity index (χ3n) is 23.1. The van der Waals surface area contributed by atoms with Crippen molar-refractivity contribution in [2.75, 3.05) is 19.6 Å². The van der Waals surface area contributed by atoms with Gasteiger partial charge in [-0.15, -0.1) is 0 Å². The fourth-order valence-corrected chi connectivity index (χ4v) is 18.8. The van der Waals surface area contributed by atoms with Crippen LogP contribution in [0.4, 0.5) is 45.5 Å². The van der Waals surface area contributed by atoms with Gasteiger partial charge in [-0.2, -0.15) is 0 Å². The zero-order valence-corrected chi connectivity index (χ0v) is 59.6. The number of rotatable bonds is 14. The van der Waals surface area contributed by atoms with Crippen molar-refractivity contribution >= 4 is 112 Å². The summed E-state index contributed by atoms with van der Waals surface area (Å²) in [6.45, 7) is 11.7. The molecule has 3 unspecified atom stereocenters. The minimum Gasteiger partial charge on any atom is -0.337 e. The van der Waals surface area contributed by atoms with Crippen molar-refractivity contribution in [3.63, 3.8) is 0 Å². The lowest BCUT2D eigenvalue weighted by molar-refractivity contribution is 0.604. The monoisotopic (exact) mass is 1330 g/mol. The first-order valence-electron chi connectivity index (χ1n) is 37.5. The standard InChI is InChI=1S/C99H84N4/c1-63-54-64(2)57-83(56-63)102(91-52-42-74-34-32-68-20-18-22-70-40-49-86(91)98(74)94(68)70)82-48-51-85-89(61-82)97(73-38-46-81(47-39-73)101(78-28-14-8-15-29-78)79-30-16-9-17-31-79)88-60-67(5)93(62-90(88)96(85)72-36-44-80(45-37-72)100(76-24-10-6-11-25-76)77-26-12-7-13-27-77)103(84-58-65(3)55-66(4)59-84)92-53-43-75-35-33-69-21-19-23-71-41-50-87(92)99(75)95(69)71/h6-8,10-16,18,20-22,24-26,28-39,41-48,50-58,61-62,67,77,84H,9,17,19,23,27,40,49,59-60H2,1-5H3. The molecule has 0 fully saturated rings. The Kier molecular flexibility index (Phi) is 15.5. The molecule has 4 heteroatoms. The average molecular weight is 1330 g/mol. The summed E-state index contributed by atoms with van der Waals surface area (Å²) in [5, 5.41) is 14.7. The summed E-state index contributed by atoms with van der Waals surface area (Å²) in [4.78, 5) is 10.4. The molecule has 0 N–H and O–H groups in total. The van der Waals surface area contributed by atoms with Crippen molar-refractivity contribution in [1.82, 2.24) is 0 Å². The van der Waals surface area contributed by atoms with E-state index in [-0.39, 0.29) is 18.0 Å². The molecule has 0 spiro atoms. The fraction of sp³-hybridized carbons (Fsp3) is 0.172. The molecule has 0 saturated heterocycles. The van der Waals surface area contributed by atoms with Crippen LogP contribution in [0.5, 0.6) is 0 Å². The molecule has 3 atom stereocenters. The third-order valence-corrected chi connectivity index (χ3v) is 23.1. The van der Waals surface area contributed by atoms with E-state index in [1.807, 2.05) is 0 Å². The molecule has 0 radical (unpaired) electrons. The Morgan fingerprint density at radius 1 is 0.408 bits per heavy atom. The van der Waals surface area contributed by atoms with Gasteiger partial charge in [-0.25, -0.2) is 0 Å². The van der Waals surface area contributed by atoms with Crippen molar-refractivity contribution in [2.24, 2.45) is 5.92 Å². The zero-order chi connectivity index (χ0) is 69.0. The lowest BCUT2D eigenvalue weighted by Gasteiger charge is -2.41. The van der Waals surface area contributed by atoms with E-state index in [2.05, 4.69) is 346 Å². The molecule has 0 saturated carbocycles. The predicted octanol–water partition coefficient (Wildman–Crippen LogP) is 25.5. The first-order chi connectivity index (χ1) is 50.6. The van der Waals surface area contributed by atoms with Crippen LogP contribution >= 0.6 is 0 Å². The van der Waals surface area contributed by atoms with Gasteiger partial charge < -0.3 is 19.6 Å². The number of allylic oxidation sites excluding steroid dienone is 8. The van der Waals surface area contributed by atoms with Gasteiger partial charge >= 0.3 is 0 Å². The maximum absolute atomic E-state index is 2.80. The zero-order valence-electron chi connectivity index (χ0n) is 59.6. The summed E-state index contributed by atoms with van der Waals surface area (Å²) in [6.07, 6.45) is 35.0. The van der Waals surface area contributed by atoms with Crippen LogP contribution in [0.2, 0.25) is 0 Å². The topological polar surface area (TPSA) is 13.0 Å². The van der Waals surface area contributed by atoms with E-state index in [1.165, 1.54) is 171 Å². The van der Waals surface area contributed by atoms with E-state index >= 15 is 0 Å². The molecule has 13 aromatic rings. The van der Waals surface area contributed by atoms with E-state index in [4.69, 9.17) is 0 Å². The first kappa shape index (κ1) is 62.5. The van der Waals surface area contributed by atoms with Gasteiger partial charge in [-0.1, -0.05) is 212 Å². The van der Waals surface area contributed by atoms with Gasteiger partial charge in [0.2, 0.25) is 0 Å². The van der Waals surface area contributed by atoms with Crippen molar-refractivity contribution in [1.29, 1.82) is 0 Å². The summed E-state index contributed by atoms with van der Waals surface area (Å²) in [7, 11) is 0. The Labute approximate surface area is 605 Å². The molecule has 6 aliphatic rings. The molecule has 103 heavy (non-hydrogen) atoms. The van der Waals surface area contributed by atoms with Gasteiger partial charge in [0.25, 0.3) is 0 Å². The number of hydrogen-bond acceptors (Lipinski definition) is 4. The van der Waals surface area contributed by atoms with E-state index < -0.39 is 0 Å². The van der Waals surface area contributed by atoms with Crippen molar-refractivity contribution in [2.45, 2.75) is 104 Å². The fourth-order valence-electron chi connectivity index (χ4n) is 18.8. The van der Waals surface area contributed by atoms with Gasteiger partial charge in [0.05, 0.1) is 12.1 Å². The quantitative estimate of drug-likeness (QED) is 0.101. The largest absolute Gasteiger partial charge is 0.337 e. The maximum Gasteiger partial charge on any atom is 0.0562 e.